The van der Waals surface area contributed by atoms with Crippen molar-refractivity contribution < 1.29 is 19.2 Å². The van der Waals surface area contributed by atoms with Gasteiger partial charge in [0.05, 0.1) is 11.1 Å². The molecule has 3 heterocycles. The topological polar surface area (TPSA) is 98.8 Å². The summed E-state index contributed by atoms with van der Waals surface area (Å²) in [5.74, 6) is -1.85. The quantitative estimate of drug-likeness (QED) is 0.718. The first-order chi connectivity index (χ1) is 14.0. The molecular formula is C21H24N4O4. The third kappa shape index (κ3) is 2.93. The molecule has 5 rings (SSSR count). The molecule has 3 atom stereocenters. The summed E-state index contributed by atoms with van der Waals surface area (Å²) in [6.45, 7) is 1.76. The lowest BCUT2D eigenvalue weighted by molar-refractivity contribution is -0.136. The monoisotopic (exact) mass is 396 g/mol. The number of nitrogens with one attached hydrogen (secondary N) is 2. The molecule has 1 aromatic rings. The number of carbonyl (C=O) groups excluding carboxylic acids is 4. The van der Waals surface area contributed by atoms with E-state index in [4.69, 9.17) is 0 Å². The zero-order chi connectivity index (χ0) is 20.1. The molecule has 4 aliphatic rings. The molecule has 1 saturated carbocycles. The van der Waals surface area contributed by atoms with Gasteiger partial charge in [0.15, 0.2) is 0 Å². The second kappa shape index (κ2) is 6.95. The van der Waals surface area contributed by atoms with Crippen molar-refractivity contribution in [3.63, 3.8) is 0 Å². The number of carbonyl (C=O) groups is 4. The number of rotatable bonds is 2. The van der Waals surface area contributed by atoms with Crippen molar-refractivity contribution in [3.8, 4) is 0 Å². The minimum absolute atomic E-state index is 0.124. The van der Waals surface area contributed by atoms with Crippen LogP contribution in [-0.2, 0) is 9.59 Å². The molecule has 0 radical (unpaired) electrons. The molecule has 8 nitrogen and oxygen atoms in total. The van der Waals surface area contributed by atoms with Gasteiger partial charge in [0.1, 0.15) is 6.04 Å². The third-order valence-corrected chi connectivity index (χ3v) is 6.64. The molecule has 29 heavy (non-hydrogen) atoms. The lowest BCUT2D eigenvalue weighted by Crippen LogP contribution is -2.59. The highest BCUT2D eigenvalue weighted by Gasteiger charge is 2.45. The number of piperazine rings is 1. The minimum atomic E-state index is -0.925. The van der Waals surface area contributed by atoms with Crippen LogP contribution in [0, 0.1) is 0 Å². The Kier molecular flexibility index (Phi) is 4.38. The second-order valence-electron chi connectivity index (χ2n) is 8.28. The van der Waals surface area contributed by atoms with E-state index in [1.54, 1.807) is 12.1 Å². The molecule has 0 spiro atoms. The first kappa shape index (κ1) is 18.3. The fourth-order valence-electron chi connectivity index (χ4n) is 5.22. The Morgan fingerprint density at radius 1 is 0.931 bits per heavy atom. The first-order valence-corrected chi connectivity index (χ1v) is 10.4. The normalized spacial score (nSPS) is 29.6. The van der Waals surface area contributed by atoms with E-state index in [0.717, 1.165) is 36.5 Å². The van der Waals surface area contributed by atoms with Crippen LogP contribution in [0.25, 0.3) is 0 Å². The van der Waals surface area contributed by atoms with Gasteiger partial charge >= 0.3 is 0 Å². The standard InChI is InChI=1S/C21H24N4O4/c26-18-8-7-17(19(27)23-18)25-20(28)13-6-5-12(11-14(13)21(25)29)24-10-9-22-15-3-1-2-4-16(15)24/h5-6,11,15-17,22H,1-4,7-10H2,(H,23,26,27)/t15-,16-,17-/m1/s1. The van der Waals surface area contributed by atoms with Gasteiger partial charge in [-0.2, -0.15) is 0 Å². The summed E-state index contributed by atoms with van der Waals surface area (Å²) >= 11 is 0. The summed E-state index contributed by atoms with van der Waals surface area (Å²) in [5.41, 5.74) is 1.63. The van der Waals surface area contributed by atoms with E-state index in [9.17, 15) is 19.2 Å². The molecule has 3 fully saturated rings. The zero-order valence-corrected chi connectivity index (χ0v) is 16.1. The highest BCUT2D eigenvalue weighted by Crippen LogP contribution is 2.34. The summed E-state index contributed by atoms with van der Waals surface area (Å²) in [7, 11) is 0. The van der Waals surface area contributed by atoms with Gasteiger partial charge in [-0.1, -0.05) is 12.8 Å². The Labute approximate surface area is 168 Å². The predicted molar refractivity (Wildman–Crippen MR) is 105 cm³/mol. The van der Waals surface area contributed by atoms with Crippen LogP contribution in [0.15, 0.2) is 18.2 Å². The third-order valence-electron chi connectivity index (χ3n) is 6.64. The first-order valence-electron chi connectivity index (χ1n) is 10.4. The second-order valence-corrected chi connectivity index (χ2v) is 8.28. The highest BCUT2D eigenvalue weighted by atomic mass is 16.2. The molecule has 0 bridgehead atoms. The van der Waals surface area contributed by atoms with Crippen molar-refractivity contribution in [3.05, 3.63) is 29.3 Å². The molecule has 2 N–H and O–H groups in total. The average molecular weight is 396 g/mol. The maximum absolute atomic E-state index is 13.1. The van der Waals surface area contributed by atoms with Gasteiger partial charge in [-0.25, -0.2) is 0 Å². The molecule has 3 aliphatic heterocycles. The average Bonchev–Trinajstić information content (AvgIpc) is 2.98. The Morgan fingerprint density at radius 3 is 2.55 bits per heavy atom. The maximum Gasteiger partial charge on any atom is 0.262 e. The minimum Gasteiger partial charge on any atom is -0.366 e. The van der Waals surface area contributed by atoms with E-state index in [2.05, 4.69) is 15.5 Å². The van der Waals surface area contributed by atoms with Crippen LogP contribution in [0.3, 0.4) is 0 Å². The molecule has 1 aliphatic carbocycles. The van der Waals surface area contributed by atoms with Crippen molar-refractivity contribution in [2.75, 3.05) is 18.0 Å². The van der Waals surface area contributed by atoms with E-state index < -0.39 is 23.8 Å². The maximum atomic E-state index is 13.1. The number of hydrogen-bond donors (Lipinski definition) is 2. The predicted octanol–water partition coefficient (Wildman–Crippen LogP) is 0.809. The van der Waals surface area contributed by atoms with Crippen LogP contribution in [0.1, 0.15) is 59.2 Å². The number of hydrogen-bond acceptors (Lipinski definition) is 6. The molecule has 1 aromatic carbocycles. The summed E-state index contributed by atoms with van der Waals surface area (Å²) in [6.07, 6.45) is 5.01. The van der Waals surface area contributed by atoms with E-state index in [0.29, 0.717) is 23.2 Å². The molecule has 4 amide bonds. The Balaban J connectivity index is 1.44. The SMILES string of the molecule is O=C1CC[C@@H](N2C(=O)c3ccc(N4CCN[C@@H]5CCCC[C@H]54)cc3C2=O)C(=O)N1. The molecule has 0 unspecified atom stereocenters. The highest BCUT2D eigenvalue weighted by molar-refractivity contribution is 6.23. The van der Waals surface area contributed by atoms with Crippen LogP contribution >= 0.6 is 0 Å². The van der Waals surface area contributed by atoms with Gasteiger partial charge < -0.3 is 10.2 Å². The fraction of sp³-hybridized carbons (Fsp3) is 0.524. The van der Waals surface area contributed by atoms with E-state index in [-0.39, 0.29) is 18.7 Å². The number of imide groups is 2. The van der Waals surface area contributed by atoms with E-state index in [1.807, 2.05) is 6.07 Å². The smallest absolute Gasteiger partial charge is 0.262 e. The van der Waals surface area contributed by atoms with Crippen molar-refractivity contribution >= 4 is 29.3 Å². The van der Waals surface area contributed by atoms with Crippen molar-refractivity contribution in [2.45, 2.75) is 56.7 Å². The van der Waals surface area contributed by atoms with Crippen LogP contribution < -0.4 is 15.5 Å². The van der Waals surface area contributed by atoms with Gasteiger partial charge in [0.2, 0.25) is 11.8 Å². The van der Waals surface area contributed by atoms with Crippen molar-refractivity contribution in [2.24, 2.45) is 0 Å². The molecule has 152 valence electrons. The van der Waals surface area contributed by atoms with Gasteiger partial charge in [-0.15, -0.1) is 0 Å². The van der Waals surface area contributed by atoms with E-state index >= 15 is 0 Å². The van der Waals surface area contributed by atoms with Gasteiger partial charge in [-0.05, 0) is 37.5 Å². The summed E-state index contributed by atoms with van der Waals surface area (Å²) < 4.78 is 0. The Bertz CT molecular complexity index is 912. The Hall–Kier alpha value is -2.74. The number of amides is 4. The molecular weight excluding hydrogens is 372 g/mol. The number of fused-ring (bicyclic) bond motifs is 2. The number of benzene rings is 1. The molecule has 0 aromatic heterocycles. The molecule has 8 heteroatoms. The Morgan fingerprint density at radius 2 is 1.72 bits per heavy atom. The fourth-order valence-corrected chi connectivity index (χ4v) is 5.22. The van der Waals surface area contributed by atoms with Gasteiger partial charge in [0, 0.05) is 37.3 Å². The number of piperidine rings is 1. The van der Waals surface area contributed by atoms with Crippen molar-refractivity contribution in [1.29, 1.82) is 0 Å². The summed E-state index contributed by atoms with van der Waals surface area (Å²) in [5, 5.41) is 5.83. The van der Waals surface area contributed by atoms with E-state index in [1.165, 1.54) is 12.8 Å². The van der Waals surface area contributed by atoms with Crippen LogP contribution in [0.2, 0.25) is 0 Å². The lowest BCUT2D eigenvalue weighted by atomic mass is 9.87. The zero-order valence-electron chi connectivity index (χ0n) is 16.1. The summed E-state index contributed by atoms with van der Waals surface area (Å²) in [4.78, 5) is 52.9. The van der Waals surface area contributed by atoms with Crippen LogP contribution in [0.5, 0.6) is 0 Å². The summed E-state index contributed by atoms with van der Waals surface area (Å²) in [6, 6.07) is 5.35. The largest absolute Gasteiger partial charge is 0.366 e. The van der Waals surface area contributed by atoms with Gasteiger partial charge in [-0.3, -0.25) is 29.4 Å². The van der Waals surface area contributed by atoms with Gasteiger partial charge in [0.25, 0.3) is 11.8 Å². The van der Waals surface area contributed by atoms with Crippen LogP contribution in [0.4, 0.5) is 5.69 Å². The lowest BCUT2D eigenvalue weighted by Gasteiger charge is -2.46. The molecule has 2 saturated heterocycles. The number of anilines is 1. The van der Waals surface area contributed by atoms with Crippen LogP contribution in [-0.4, -0.2) is 59.7 Å². The number of nitrogens with zero attached hydrogens (tertiary/aromatic N) is 2. The van der Waals surface area contributed by atoms with Crippen molar-refractivity contribution in [1.82, 2.24) is 15.5 Å².